The molecule has 0 aliphatic rings. The predicted molar refractivity (Wildman–Crippen MR) is 71.6 cm³/mol. The van der Waals surface area contributed by atoms with Crippen molar-refractivity contribution in [3.05, 3.63) is 48.0 Å². The van der Waals surface area contributed by atoms with Crippen molar-refractivity contribution in [3.63, 3.8) is 0 Å². The first-order valence-electron chi connectivity index (χ1n) is 5.68. The summed E-state index contributed by atoms with van der Waals surface area (Å²) in [6.07, 6.45) is 5.66. The second-order valence-corrected chi connectivity index (χ2v) is 4.55. The molecule has 0 spiro atoms. The minimum atomic E-state index is -0.0291. The van der Waals surface area contributed by atoms with Gasteiger partial charge in [-0.25, -0.2) is 4.98 Å². The Hall–Kier alpha value is -1.81. The van der Waals surface area contributed by atoms with Crippen LogP contribution in [-0.2, 0) is 4.79 Å². The van der Waals surface area contributed by atoms with Gasteiger partial charge in [0.05, 0.1) is 6.33 Å². The molecule has 0 saturated carbocycles. The largest absolute Gasteiger partial charge is 0.334 e. The predicted octanol–water partition coefficient (Wildman–Crippen LogP) is 3.13. The van der Waals surface area contributed by atoms with Crippen LogP contribution in [0.15, 0.2) is 43.0 Å². The SMILES string of the molecule is CC(CC(=O)Nc1ccc(Cl)cc1)n1ccnc1. The summed E-state index contributed by atoms with van der Waals surface area (Å²) in [6, 6.07) is 7.14. The molecule has 1 aromatic heterocycles. The second kappa shape index (κ2) is 5.69. The van der Waals surface area contributed by atoms with Gasteiger partial charge in [0.15, 0.2) is 0 Å². The molecule has 1 aromatic carbocycles. The number of aromatic nitrogens is 2. The lowest BCUT2D eigenvalue weighted by molar-refractivity contribution is -0.116. The molecular weight excluding hydrogens is 250 g/mol. The summed E-state index contributed by atoms with van der Waals surface area (Å²) >= 11 is 5.78. The number of hydrogen-bond donors (Lipinski definition) is 1. The number of benzene rings is 1. The molecule has 1 heterocycles. The first kappa shape index (κ1) is 12.6. The van der Waals surface area contributed by atoms with Crippen molar-refractivity contribution in [2.75, 3.05) is 5.32 Å². The van der Waals surface area contributed by atoms with Gasteiger partial charge in [0.2, 0.25) is 5.91 Å². The molecule has 0 fully saturated rings. The van der Waals surface area contributed by atoms with Crippen LogP contribution in [0.4, 0.5) is 5.69 Å². The number of carbonyl (C=O) groups is 1. The van der Waals surface area contributed by atoms with Crippen LogP contribution in [0.2, 0.25) is 5.02 Å². The van der Waals surface area contributed by atoms with Crippen LogP contribution in [0, 0.1) is 0 Å². The van der Waals surface area contributed by atoms with E-state index >= 15 is 0 Å². The zero-order valence-corrected chi connectivity index (χ0v) is 10.8. The van der Waals surface area contributed by atoms with Gasteiger partial charge in [-0.3, -0.25) is 4.79 Å². The number of hydrogen-bond acceptors (Lipinski definition) is 2. The Kier molecular flexibility index (Phi) is 3.99. The lowest BCUT2D eigenvalue weighted by Gasteiger charge is -2.12. The first-order valence-corrected chi connectivity index (χ1v) is 6.06. The molecule has 0 aliphatic carbocycles. The Morgan fingerprint density at radius 2 is 2.17 bits per heavy atom. The molecule has 94 valence electrons. The summed E-state index contributed by atoms with van der Waals surface area (Å²) in [4.78, 5) is 15.8. The maximum atomic E-state index is 11.8. The molecule has 2 rings (SSSR count). The first-order chi connectivity index (χ1) is 8.65. The van der Waals surface area contributed by atoms with Gasteiger partial charge in [0, 0.05) is 35.6 Å². The van der Waals surface area contributed by atoms with Gasteiger partial charge in [-0.2, -0.15) is 0 Å². The summed E-state index contributed by atoms with van der Waals surface area (Å²) in [6.45, 7) is 1.98. The van der Waals surface area contributed by atoms with Crippen molar-refractivity contribution in [3.8, 4) is 0 Å². The minimum Gasteiger partial charge on any atom is -0.334 e. The summed E-state index contributed by atoms with van der Waals surface area (Å²) in [7, 11) is 0. The average Bonchev–Trinajstić information content (AvgIpc) is 2.85. The van der Waals surface area contributed by atoms with Gasteiger partial charge in [0.25, 0.3) is 0 Å². The monoisotopic (exact) mass is 263 g/mol. The fraction of sp³-hybridized carbons (Fsp3) is 0.231. The van der Waals surface area contributed by atoms with E-state index in [0.29, 0.717) is 11.4 Å². The Morgan fingerprint density at radius 3 is 2.78 bits per heavy atom. The van der Waals surface area contributed by atoms with Crippen LogP contribution in [0.3, 0.4) is 0 Å². The fourth-order valence-electron chi connectivity index (χ4n) is 1.65. The third kappa shape index (κ3) is 3.34. The van der Waals surface area contributed by atoms with Crippen molar-refractivity contribution in [1.82, 2.24) is 9.55 Å². The highest BCUT2D eigenvalue weighted by atomic mass is 35.5. The van der Waals surface area contributed by atoms with E-state index in [9.17, 15) is 4.79 Å². The summed E-state index contributed by atoms with van der Waals surface area (Å²) in [5.74, 6) is -0.0291. The van der Waals surface area contributed by atoms with E-state index in [1.807, 2.05) is 17.7 Å². The number of imidazole rings is 1. The van der Waals surface area contributed by atoms with Gasteiger partial charge in [-0.05, 0) is 31.2 Å². The standard InChI is InChI=1S/C13H14ClN3O/c1-10(17-7-6-15-9-17)8-13(18)16-12-4-2-11(14)3-5-12/h2-7,9-10H,8H2,1H3,(H,16,18). The van der Waals surface area contributed by atoms with Crippen LogP contribution >= 0.6 is 11.6 Å². The van der Waals surface area contributed by atoms with Gasteiger partial charge >= 0.3 is 0 Å². The quantitative estimate of drug-likeness (QED) is 0.921. The highest BCUT2D eigenvalue weighted by Gasteiger charge is 2.10. The molecule has 1 amide bonds. The van der Waals surface area contributed by atoms with E-state index in [1.54, 1.807) is 36.8 Å². The second-order valence-electron chi connectivity index (χ2n) is 4.12. The number of halogens is 1. The topological polar surface area (TPSA) is 46.9 Å². The molecule has 0 saturated heterocycles. The number of carbonyl (C=O) groups excluding carboxylic acids is 1. The van der Waals surface area contributed by atoms with Crippen molar-refractivity contribution < 1.29 is 4.79 Å². The maximum Gasteiger partial charge on any atom is 0.226 e. The van der Waals surface area contributed by atoms with E-state index < -0.39 is 0 Å². The molecule has 1 atom stereocenters. The Morgan fingerprint density at radius 1 is 1.44 bits per heavy atom. The van der Waals surface area contributed by atoms with E-state index in [0.717, 1.165) is 5.69 Å². The van der Waals surface area contributed by atoms with Gasteiger partial charge < -0.3 is 9.88 Å². The third-order valence-corrected chi connectivity index (χ3v) is 2.89. The van der Waals surface area contributed by atoms with Crippen molar-refractivity contribution in [1.29, 1.82) is 0 Å². The van der Waals surface area contributed by atoms with Gasteiger partial charge in [-0.1, -0.05) is 11.6 Å². The molecule has 0 radical (unpaired) electrons. The summed E-state index contributed by atoms with van der Waals surface area (Å²) < 4.78 is 1.90. The number of rotatable bonds is 4. The number of amides is 1. The molecule has 4 nitrogen and oxygen atoms in total. The highest BCUT2D eigenvalue weighted by molar-refractivity contribution is 6.30. The fourth-order valence-corrected chi connectivity index (χ4v) is 1.78. The Balaban J connectivity index is 1.91. The number of anilines is 1. The van der Waals surface area contributed by atoms with Gasteiger partial charge in [0.1, 0.15) is 0 Å². The molecule has 0 aliphatic heterocycles. The molecular formula is C13H14ClN3O. The molecule has 1 N–H and O–H groups in total. The van der Waals surface area contributed by atoms with Crippen LogP contribution in [0.1, 0.15) is 19.4 Å². The number of nitrogens with zero attached hydrogens (tertiary/aromatic N) is 2. The van der Waals surface area contributed by atoms with E-state index in [-0.39, 0.29) is 11.9 Å². The molecule has 2 aromatic rings. The minimum absolute atomic E-state index is 0.0291. The zero-order valence-electron chi connectivity index (χ0n) is 10.0. The average molecular weight is 264 g/mol. The smallest absolute Gasteiger partial charge is 0.226 e. The highest BCUT2D eigenvalue weighted by Crippen LogP contribution is 2.15. The summed E-state index contributed by atoms with van der Waals surface area (Å²) in [5.41, 5.74) is 0.752. The lowest BCUT2D eigenvalue weighted by Crippen LogP contribution is -2.16. The number of nitrogens with one attached hydrogen (secondary N) is 1. The third-order valence-electron chi connectivity index (χ3n) is 2.64. The van der Waals surface area contributed by atoms with Crippen LogP contribution in [0.25, 0.3) is 0 Å². The molecule has 18 heavy (non-hydrogen) atoms. The maximum absolute atomic E-state index is 11.8. The lowest BCUT2D eigenvalue weighted by atomic mass is 10.2. The van der Waals surface area contributed by atoms with Gasteiger partial charge in [-0.15, -0.1) is 0 Å². The molecule has 5 heteroatoms. The Bertz CT molecular complexity index is 508. The van der Waals surface area contributed by atoms with E-state index in [1.165, 1.54) is 0 Å². The normalized spacial score (nSPS) is 12.1. The van der Waals surface area contributed by atoms with E-state index in [4.69, 9.17) is 11.6 Å². The van der Waals surface area contributed by atoms with Crippen LogP contribution in [-0.4, -0.2) is 15.5 Å². The van der Waals surface area contributed by atoms with Crippen LogP contribution in [0.5, 0.6) is 0 Å². The Labute approximate surface area is 111 Å². The van der Waals surface area contributed by atoms with Crippen molar-refractivity contribution in [2.24, 2.45) is 0 Å². The van der Waals surface area contributed by atoms with E-state index in [2.05, 4.69) is 10.3 Å². The van der Waals surface area contributed by atoms with Crippen LogP contribution < -0.4 is 5.32 Å². The molecule has 0 bridgehead atoms. The molecule has 1 unspecified atom stereocenters. The summed E-state index contributed by atoms with van der Waals surface area (Å²) in [5, 5.41) is 3.48. The zero-order chi connectivity index (χ0) is 13.0. The van der Waals surface area contributed by atoms with Crippen molar-refractivity contribution >= 4 is 23.2 Å². The van der Waals surface area contributed by atoms with Crippen molar-refractivity contribution in [2.45, 2.75) is 19.4 Å².